The van der Waals surface area contributed by atoms with Gasteiger partial charge in [0.2, 0.25) is 0 Å². The van der Waals surface area contributed by atoms with Crippen molar-refractivity contribution in [1.29, 1.82) is 0 Å². The maximum Gasteiger partial charge on any atom is 0.410 e. The molecule has 2 N–H and O–H groups in total. The Morgan fingerprint density at radius 3 is 2.41 bits per heavy atom. The van der Waals surface area contributed by atoms with Crippen LogP contribution in [0, 0.1) is 5.41 Å². The molecule has 3 atom stereocenters. The van der Waals surface area contributed by atoms with Crippen LogP contribution in [0.5, 0.6) is 0 Å². The average Bonchev–Trinajstić information content (AvgIpc) is 3.00. The predicted molar refractivity (Wildman–Crippen MR) is 111 cm³/mol. The van der Waals surface area contributed by atoms with E-state index in [1.165, 1.54) is 24.3 Å². The minimum absolute atomic E-state index is 0.0347. The molecule has 0 radical (unpaired) electrons. The number of rotatable bonds is 6. The monoisotopic (exact) mass is 447 g/mol. The number of hydrogen-bond acceptors (Lipinski definition) is 6. The topological polar surface area (TPSA) is 104 Å². The lowest BCUT2D eigenvalue weighted by molar-refractivity contribution is -0.0153. The van der Waals surface area contributed by atoms with Gasteiger partial charge in [0.05, 0.1) is 18.0 Å². The number of aliphatic hydroxyl groups excluding tert-OH is 1. The van der Waals surface area contributed by atoms with E-state index in [2.05, 4.69) is 0 Å². The van der Waals surface area contributed by atoms with Gasteiger partial charge in [-0.05, 0) is 36.1 Å². The maximum absolute atomic E-state index is 13.1. The molecule has 1 aliphatic heterocycles. The van der Waals surface area contributed by atoms with Crippen LogP contribution in [0.15, 0.2) is 29.2 Å². The summed E-state index contributed by atoms with van der Waals surface area (Å²) in [5.74, 6) is 0. The van der Waals surface area contributed by atoms with Crippen LogP contribution < -0.4 is 0 Å². The second kappa shape index (κ2) is 8.79. The predicted octanol–water partition coefficient (Wildman–Crippen LogP) is 2.87. The first-order chi connectivity index (χ1) is 13.3. The van der Waals surface area contributed by atoms with Gasteiger partial charge in [0.1, 0.15) is 17.0 Å². The van der Waals surface area contributed by atoms with Gasteiger partial charge in [0, 0.05) is 11.6 Å². The molecule has 9 heteroatoms. The highest BCUT2D eigenvalue weighted by Gasteiger charge is 2.54. The first-order valence-corrected chi connectivity index (χ1v) is 11.6. The summed E-state index contributed by atoms with van der Waals surface area (Å²) in [4.78, 5) is 13.9. The molecule has 0 saturated carbocycles. The minimum Gasteiger partial charge on any atom is -0.446 e. The highest BCUT2D eigenvalue weighted by Crippen LogP contribution is 2.33. The van der Waals surface area contributed by atoms with Crippen molar-refractivity contribution < 1.29 is 28.2 Å². The second-order valence-electron chi connectivity index (χ2n) is 8.66. The van der Waals surface area contributed by atoms with Crippen LogP contribution in [0.2, 0.25) is 5.02 Å². The lowest BCUT2D eigenvalue weighted by Crippen LogP contribution is -2.49. The highest BCUT2D eigenvalue weighted by atomic mass is 35.5. The van der Waals surface area contributed by atoms with Gasteiger partial charge >= 0.3 is 6.09 Å². The van der Waals surface area contributed by atoms with Crippen LogP contribution in [0.3, 0.4) is 0 Å². The molecule has 29 heavy (non-hydrogen) atoms. The second-order valence-corrected chi connectivity index (χ2v) is 11.2. The number of ether oxygens (including phenoxy) is 1. The third-order valence-corrected chi connectivity index (χ3v) is 7.78. The van der Waals surface area contributed by atoms with Crippen LogP contribution in [0.4, 0.5) is 4.79 Å². The lowest BCUT2D eigenvalue weighted by Gasteiger charge is -2.31. The summed E-state index contributed by atoms with van der Waals surface area (Å²) in [6, 6.07) is 5.55. The highest BCUT2D eigenvalue weighted by molar-refractivity contribution is 7.92. The molecule has 1 saturated heterocycles. The molecule has 1 fully saturated rings. The summed E-state index contributed by atoms with van der Waals surface area (Å²) in [5.41, 5.74) is -2.27. The minimum atomic E-state index is -4.03. The normalized spacial score (nSPS) is 23.8. The molecular formula is C20H30ClNO6S. The Hall–Kier alpha value is -1.35. The standard InChI is InChI=1S/C20H30ClNO6S/c1-5-6-16(19(2,3)4)28-18(24)22-11-17(20(25,12-22)13-23)29(26,27)15-9-7-14(21)8-10-15/h7-10,16-17,23,25H,5-6,11-13H2,1-4H3/t16?,17-,20+/m0/s1. The molecule has 1 aliphatic rings. The SMILES string of the molecule is CCCC(OC(=O)N1C[C@H](S(=O)(=O)c2ccc(Cl)cc2)[C@](O)(CO)C1)C(C)(C)C. The Bertz CT molecular complexity index is 820. The van der Waals surface area contributed by atoms with Crippen molar-refractivity contribution in [3.8, 4) is 0 Å². The molecule has 1 unspecified atom stereocenters. The molecule has 1 aromatic carbocycles. The Balaban J connectivity index is 2.27. The van der Waals surface area contributed by atoms with Crippen molar-refractivity contribution in [3.63, 3.8) is 0 Å². The van der Waals surface area contributed by atoms with Gasteiger partial charge in [-0.15, -0.1) is 0 Å². The smallest absolute Gasteiger partial charge is 0.410 e. The van der Waals surface area contributed by atoms with E-state index in [9.17, 15) is 23.4 Å². The molecular weight excluding hydrogens is 418 g/mol. The van der Waals surface area contributed by atoms with E-state index in [1.807, 2.05) is 27.7 Å². The fraction of sp³-hybridized carbons (Fsp3) is 0.650. The van der Waals surface area contributed by atoms with Gasteiger partial charge in [-0.2, -0.15) is 0 Å². The molecule has 0 aromatic heterocycles. The molecule has 164 valence electrons. The number of amides is 1. The number of nitrogens with zero attached hydrogens (tertiary/aromatic N) is 1. The summed E-state index contributed by atoms with van der Waals surface area (Å²) < 4.78 is 31.8. The largest absolute Gasteiger partial charge is 0.446 e. The number of likely N-dealkylation sites (tertiary alicyclic amines) is 1. The van der Waals surface area contributed by atoms with E-state index in [-0.39, 0.29) is 29.5 Å². The zero-order chi connectivity index (χ0) is 22.0. The van der Waals surface area contributed by atoms with Crippen molar-refractivity contribution in [2.45, 2.75) is 62.4 Å². The van der Waals surface area contributed by atoms with E-state index in [4.69, 9.17) is 16.3 Å². The average molecular weight is 448 g/mol. The Morgan fingerprint density at radius 2 is 1.93 bits per heavy atom. The zero-order valence-electron chi connectivity index (χ0n) is 17.3. The fourth-order valence-electron chi connectivity index (χ4n) is 3.46. The maximum atomic E-state index is 13.1. The third kappa shape index (κ3) is 5.23. The molecule has 1 aromatic rings. The summed E-state index contributed by atoms with van der Waals surface area (Å²) in [7, 11) is -4.03. The fourth-order valence-corrected chi connectivity index (χ4v) is 5.53. The molecule has 1 heterocycles. The van der Waals surface area contributed by atoms with Crippen LogP contribution in [-0.2, 0) is 14.6 Å². The Morgan fingerprint density at radius 1 is 1.34 bits per heavy atom. The van der Waals surface area contributed by atoms with E-state index < -0.39 is 33.4 Å². The van der Waals surface area contributed by atoms with Gasteiger partial charge < -0.3 is 19.8 Å². The third-order valence-electron chi connectivity index (χ3n) is 5.26. The van der Waals surface area contributed by atoms with Gasteiger partial charge in [-0.3, -0.25) is 0 Å². The number of carbonyl (C=O) groups excluding carboxylic acids is 1. The number of benzene rings is 1. The van der Waals surface area contributed by atoms with Crippen molar-refractivity contribution >= 4 is 27.5 Å². The van der Waals surface area contributed by atoms with E-state index in [0.717, 1.165) is 11.3 Å². The molecule has 1 amide bonds. The van der Waals surface area contributed by atoms with Crippen molar-refractivity contribution in [1.82, 2.24) is 4.90 Å². The van der Waals surface area contributed by atoms with E-state index >= 15 is 0 Å². The summed E-state index contributed by atoms with van der Waals surface area (Å²) in [6.45, 7) is 6.47. The number of halogens is 1. The van der Waals surface area contributed by atoms with Gasteiger partial charge in [0.15, 0.2) is 9.84 Å². The molecule has 0 bridgehead atoms. The number of sulfone groups is 1. The van der Waals surface area contributed by atoms with E-state index in [1.54, 1.807) is 0 Å². The lowest BCUT2D eigenvalue weighted by atomic mass is 9.86. The van der Waals surface area contributed by atoms with Crippen molar-refractivity contribution in [2.75, 3.05) is 19.7 Å². The van der Waals surface area contributed by atoms with Crippen LogP contribution in [0.1, 0.15) is 40.5 Å². The van der Waals surface area contributed by atoms with Crippen LogP contribution in [0.25, 0.3) is 0 Å². The molecule has 2 rings (SSSR count). The Labute approximate surface area is 177 Å². The number of aliphatic hydroxyl groups is 2. The summed E-state index contributed by atoms with van der Waals surface area (Å²) in [6.07, 6.45) is 0.441. The van der Waals surface area contributed by atoms with Crippen LogP contribution in [-0.4, -0.2) is 66.3 Å². The van der Waals surface area contributed by atoms with Crippen molar-refractivity contribution in [2.24, 2.45) is 5.41 Å². The summed E-state index contributed by atoms with van der Waals surface area (Å²) in [5, 5.41) is 19.5. The number of hydrogen-bond donors (Lipinski definition) is 2. The van der Waals surface area contributed by atoms with Gasteiger partial charge in [-0.1, -0.05) is 45.7 Å². The van der Waals surface area contributed by atoms with Crippen LogP contribution >= 0.6 is 11.6 Å². The molecule has 7 nitrogen and oxygen atoms in total. The first-order valence-electron chi connectivity index (χ1n) is 9.63. The molecule has 0 aliphatic carbocycles. The van der Waals surface area contributed by atoms with E-state index in [0.29, 0.717) is 11.4 Å². The number of carbonyl (C=O) groups is 1. The zero-order valence-corrected chi connectivity index (χ0v) is 18.8. The quantitative estimate of drug-likeness (QED) is 0.694. The van der Waals surface area contributed by atoms with Crippen molar-refractivity contribution in [3.05, 3.63) is 29.3 Å². The molecule has 0 spiro atoms. The summed E-state index contributed by atoms with van der Waals surface area (Å²) >= 11 is 5.83. The van der Waals surface area contributed by atoms with Gasteiger partial charge in [-0.25, -0.2) is 13.2 Å². The number of β-amino-alcohol motifs (C(OH)–C–C–N with tert-alkyl or cyclic N) is 1. The first kappa shape index (κ1) is 23.9. The van der Waals surface area contributed by atoms with Gasteiger partial charge in [0.25, 0.3) is 0 Å². The Kier molecular flexibility index (Phi) is 7.26.